The van der Waals surface area contributed by atoms with E-state index in [1.54, 1.807) is 12.0 Å². The fourth-order valence-electron chi connectivity index (χ4n) is 3.05. The van der Waals surface area contributed by atoms with Gasteiger partial charge in [0.25, 0.3) is 5.91 Å². The molecular weight excluding hydrogens is 337 g/mol. The number of hydrogen-bond donors (Lipinski definition) is 1. The normalized spacial score (nSPS) is 16.2. The number of benzene rings is 2. The van der Waals surface area contributed by atoms with E-state index in [9.17, 15) is 14.3 Å². The highest BCUT2D eigenvalue weighted by Gasteiger charge is 2.29. The molecule has 3 rings (SSSR count). The summed E-state index contributed by atoms with van der Waals surface area (Å²) < 4.78 is 24.3. The van der Waals surface area contributed by atoms with E-state index < -0.39 is 11.9 Å². The van der Waals surface area contributed by atoms with E-state index in [1.165, 1.54) is 24.3 Å². The van der Waals surface area contributed by atoms with Crippen molar-refractivity contribution in [2.45, 2.75) is 25.0 Å². The molecule has 1 atom stereocenters. The highest BCUT2D eigenvalue weighted by atomic mass is 19.1. The molecule has 5 nitrogen and oxygen atoms in total. The standard InChI is InChI=1S/C20H22FNO4/c1-25-17-4-2-3-5-18(17)26-16-10-12-22(13-11-16)20(24)19(23)14-6-8-15(21)9-7-14/h2-9,16,19,23H,10-13H2,1H3. The highest BCUT2D eigenvalue weighted by molar-refractivity contribution is 5.82. The van der Waals surface area contributed by atoms with Crippen molar-refractivity contribution in [3.05, 3.63) is 59.9 Å². The molecular formula is C20H22FNO4. The van der Waals surface area contributed by atoms with Crippen LogP contribution in [0.15, 0.2) is 48.5 Å². The smallest absolute Gasteiger partial charge is 0.256 e. The predicted octanol–water partition coefficient (Wildman–Crippen LogP) is 2.94. The largest absolute Gasteiger partial charge is 0.493 e. The van der Waals surface area contributed by atoms with Crippen LogP contribution in [0.5, 0.6) is 11.5 Å². The number of rotatable bonds is 5. The van der Waals surface area contributed by atoms with E-state index in [2.05, 4.69) is 0 Å². The van der Waals surface area contributed by atoms with Crippen LogP contribution in [0.4, 0.5) is 4.39 Å². The van der Waals surface area contributed by atoms with Crippen molar-refractivity contribution in [1.82, 2.24) is 4.90 Å². The van der Waals surface area contributed by atoms with Crippen LogP contribution in [0.3, 0.4) is 0 Å². The van der Waals surface area contributed by atoms with Gasteiger partial charge in [0.15, 0.2) is 17.6 Å². The Hall–Kier alpha value is -2.60. The lowest BCUT2D eigenvalue weighted by atomic mass is 10.0. The first kappa shape index (κ1) is 18.2. The summed E-state index contributed by atoms with van der Waals surface area (Å²) in [5.41, 5.74) is 0.392. The molecule has 1 heterocycles. The second kappa shape index (κ2) is 8.19. The number of para-hydroxylation sites is 2. The molecule has 0 spiro atoms. The number of carbonyl (C=O) groups is 1. The molecule has 0 aliphatic carbocycles. The minimum atomic E-state index is -1.28. The molecule has 2 aromatic carbocycles. The number of piperidine rings is 1. The monoisotopic (exact) mass is 359 g/mol. The Morgan fingerprint density at radius 3 is 2.35 bits per heavy atom. The van der Waals surface area contributed by atoms with Gasteiger partial charge in [0, 0.05) is 25.9 Å². The van der Waals surface area contributed by atoms with E-state index in [0.717, 1.165) is 0 Å². The SMILES string of the molecule is COc1ccccc1OC1CCN(C(=O)C(O)c2ccc(F)cc2)CC1. The summed E-state index contributed by atoms with van der Waals surface area (Å²) in [5, 5.41) is 10.2. The number of likely N-dealkylation sites (tertiary alicyclic amines) is 1. The van der Waals surface area contributed by atoms with Crippen molar-refractivity contribution < 1.29 is 23.8 Å². The number of nitrogens with zero attached hydrogens (tertiary/aromatic N) is 1. The van der Waals surface area contributed by atoms with Gasteiger partial charge in [-0.15, -0.1) is 0 Å². The number of methoxy groups -OCH3 is 1. The number of aliphatic hydroxyl groups excluding tert-OH is 1. The Bertz CT molecular complexity index is 742. The van der Waals surface area contributed by atoms with Crippen LogP contribution < -0.4 is 9.47 Å². The quantitative estimate of drug-likeness (QED) is 0.892. The van der Waals surface area contributed by atoms with Crippen molar-refractivity contribution in [1.29, 1.82) is 0 Å². The minimum Gasteiger partial charge on any atom is -0.493 e. The molecule has 1 amide bonds. The first-order chi connectivity index (χ1) is 12.6. The Morgan fingerprint density at radius 1 is 1.12 bits per heavy atom. The third-order valence-electron chi connectivity index (χ3n) is 4.54. The van der Waals surface area contributed by atoms with Crippen molar-refractivity contribution in [2.24, 2.45) is 0 Å². The summed E-state index contributed by atoms with van der Waals surface area (Å²) in [6.45, 7) is 0.994. The third kappa shape index (κ3) is 4.14. The van der Waals surface area contributed by atoms with Gasteiger partial charge >= 0.3 is 0 Å². The van der Waals surface area contributed by atoms with Crippen LogP contribution in [0.25, 0.3) is 0 Å². The van der Waals surface area contributed by atoms with Crippen LogP contribution in [0.2, 0.25) is 0 Å². The zero-order valence-corrected chi connectivity index (χ0v) is 14.6. The molecule has 0 bridgehead atoms. The first-order valence-corrected chi connectivity index (χ1v) is 8.60. The number of halogens is 1. The van der Waals surface area contributed by atoms with Gasteiger partial charge in [-0.3, -0.25) is 4.79 Å². The number of carbonyl (C=O) groups excluding carboxylic acids is 1. The number of hydrogen-bond acceptors (Lipinski definition) is 4. The summed E-state index contributed by atoms with van der Waals surface area (Å²) in [4.78, 5) is 14.1. The highest BCUT2D eigenvalue weighted by Crippen LogP contribution is 2.29. The lowest BCUT2D eigenvalue weighted by Gasteiger charge is -2.33. The second-order valence-electron chi connectivity index (χ2n) is 6.25. The van der Waals surface area contributed by atoms with Crippen molar-refractivity contribution in [3.8, 4) is 11.5 Å². The summed E-state index contributed by atoms with van der Waals surface area (Å²) in [6, 6.07) is 12.8. The van der Waals surface area contributed by atoms with Gasteiger partial charge in [-0.25, -0.2) is 4.39 Å². The molecule has 1 N–H and O–H groups in total. The van der Waals surface area contributed by atoms with Crippen molar-refractivity contribution >= 4 is 5.91 Å². The summed E-state index contributed by atoms with van der Waals surface area (Å²) in [5.74, 6) is 0.596. The topological polar surface area (TPSA) is 59.0 Å². The van der Waals surface area contributed by atoms with Gasteiger partial charge in [0.1, 0.15) is 11.9 Å². The number of aliphatic hydroxyl groups is 1. The van der Waals surface area contributed by atoms with Crippen LogP contribution in [0.1, 0.15) is 24.5 Å². The number of amides is 1. The Balaban J connectivity index is 1.56. The molecule has 0 radical (unpaired) electrons. The maximum Gasteiger partial charge on any atom is 0.256 e. The van der Waals surface area contributed by atoms with Gasteiger partial charge in [-0.1, -0.05) is 24.3 Å². The van der Waals surface area contributed by atoms with E-state index >= 15 is 0 Å². The fourth-order valence-corrected chi connectivity index (χ4v) is 3.05. The molecule has 26 heavy (non-hydrogen) atoms. The van der Waals surface area contributed by atoms with Gasteiger partial charge in [-0.2, -0.15) is 0 Å². The fraction of sp³-hybridized carbons (Fsp3) is 0.350. The molecule has 1 aliphatic heterocycles. The lowest BCUT2D eigenvalue weighted by Crippen LogP contribution is -2.43. The van der Waals surface area contributed by atoms with Crippen LogP contribution in [-0.2, 0) is 4.79 Å². The van der Waals surface area contributed by atoms with Crippen LogP contribution >= 0.6 is 0 Å². The van der Waals surface area contributed by atoms with E-state index in [0.29, 0.717) is 43.0 Å². The second-order valence-corrected chi connectivity index (χ2v) is 6.25. The average molecular weight is 359 g/mol. The molecule has 6 heteroatoms. The molecule has 1 saturated heterocycles. The molecule has 138 valence electrons. The maximum absolute atomic E-state index is 13.0. The third-order valence-corrected chi connectivity index (χ3v) is 4.54. The molecule has 1 fully saturated rings. The van der Waals surface area contributed by atoms with Gasteiger partial charge < -0.3 is 19.5 Å². The van der Waals surface area contributed by atoms with Crippen LogP contribution in [-0.4, -0.2) is 42.2 Å². The molecule has 2 aromatic rings. The van der Waals surface area contributed by atoms with Crippen molar-refractivity contribution in [3.63, 3.8) is 0 Å². The van der Waals surface area contributed by atoms with E-state index in [4.69, 9.17) is 9.47 Å². The van der Waals surface area contributed by atoms with E-state index in [-0.39, 0.29) is 12.0 Å². The summed E-state index contributed by atoms with van der Waals surface area (Å²) in [6.07, 6.45) is 0.0421. The van der Waals surface area contributed by atoms with Gasteiger partial charge in [0.05, 0.1) is 7.11 Å². The predicted molar refractivity (Wildman–Crippen MR) is 94.6 cm³/mol. The Morgan fingerprint density at radius 2 is 1.73 bits per heavy atom. The van der Waals surface area contributed by atoms with E-state index in [1.807, 2.05) is 24.3 Å². The Kier molecular flexibility index (Phi) is 5.73. The lowest BCUT2D eigenvalue weighted by molar-refractivity contribution is -0.142. The molecule has 1 unspecified atom stereocenters. The zero-order chi connectivity index (χ0) is 18.5. The van der Waals surface area contributed by atoms with Crippen LogP contribution in [0, 0.1) is 5.82 Å². The zero-order valence-electron chi connectivity index (χ0n) is 14.6. The minimum absolute atomic E-state index is 0.0154. The summed E-state index contributed by atoms with van der Waals surface area (Å²) >= 11 is 0. The number of ether oxygens (including phenoxy) is 2. The first-order valence-electron chi connectivity index (χ1n) is 8.60. The van der Waals surface area contributed by atoms with Crippen molar-refractivity contribution in [2.75, 3.05) is 20.2 Å². The molecule has 1 aliphatic rings. The molecule has 0 saturated carbocycles. The Labute approximate surface area is 152 Å². The molecule has 0 aromatic heterocycles. The van der Waals surface area contributed by atoms with Gasteiger partial charge in [-0.05, 0) is 29.8 Å². The average Bonchev–Trinajstić information content (AvgIpc) is 2.68. The maximum atomic E-state index is 13.0. The van der Waals surface area contributed by atoms with Gasteiger partial charge in [0.2, 0.25) is 0 Å². The summed E-state index contributed by atoms with van der Waals surface area (Å²) in [7, 11) is 1.60.